The molecule has 35 heavy (non-hydrogen) atoms. The number of nitrogens with one attached hydrogen (secondary N) is 1. The Hall–Kier alpha value is -4.45. The van der Waals surface area contributed by atoms with Crippen molar-refractivity contribution in [1.29, 1.82) is 5.26 Å². The van der Waals surface area contributed by atoms with E-state index in [4.69, 9.17) is 15.4 Å². The first-order valence-corrected chi connectivity index (χ1v) is 11.5. The van der Waals surface area contributed by atoms with Gasteiger partial charge in [-0.2, -0.15) is 5.26 Å². The van der Waals surface area contributed by atoms with E-state index < -0.39 is 5.91 Å². The van der Waals surface area contributed by atoms with Crippen LogP contribution in [0.25, 0.3) is 11.1 Å². The number of primary amides is 1. The van der Waals surface area contributed by atoms with Crippen molar-refractivity contribution in [3.8, 4) is 6.07 Å². The van der Waals surface area contributed by atoms with E-state index in [1.165, 1.54) is 0 Å². The van der Waals surface area contributed by atoms with Gasteiger partial charge in [0.25, 0.3) is 5.91 Å². The SMILES string of the molecule is Cc1nc2ccc(Cc3cc(NC4CCN(c5ccc(C#N)cn5)CC4)c(C(N)=O)cn3)cc2o1. The van der Waals surface area contributed by atoms with Crippen LogP contribution in [0.4, 0.5) is 11.5 Å². The number of aromatic nitrogens is 3. The molecule has 0 atom stereocenters. The highest BCUT2D eigenvalue weighted by Gasteiger charge is 2.22. The average molecular weight is 468 g/mol. The van der Waals surface area contributed by atoms with Crippen LogP contribution in [-0.4, -0.2) is 40.0 Å². The Morgan fingerprint density at radius 3 is 2.74 bits per heavy atom. The van der Waals surface area contributed by atoms with Gasteiger partial charge in [0.1, 0.15) is 17.4 Å². The lowest BCUT2D eigenvalue weighted by molar-refractivity contribution is 0.100. The number of amides is 1. The van der Waals surface area contributed by atoms with Crippen molar-refractivity contribution in [3.05, 3.63) is 77.1 Å². The number of nitrogens with zero attached hydrogens (tertiary/aromatic N) is 5. The van der Waals surface area contributed by atoms with Crippen molar-refractivity contribution in [3.63, 3.8) is 0 Å². The van der Waals surface area contributed by atoms with E-state index in [0.29, 0.717) is 29.1 Å². The molecule has 5 rings (SSSR count). The molecule has 1 aliphatic heterocycles. The summed E-state index contributed by atoms with van der Waals surface area (Å²) in [4.78, 5) is 27.5. The molecule has 3 N–H and O–H groups in total. The zero-order chi connectivity index (χ0) is 24.4. The van der Waals surface area contributed by atoms with Crippen LogP contribution in [0.1, 0.15) is 45.9 Å². The number of oxazole rings is 1. The van der Waals surface area contributed by atoms with Gasteiger partial charge in [0.2, 0.25) is 0 Å². The second-order valence-corrected chi connectivity index (χ2v) is 8.72. The first-order chi connectivity index (χ1) is 17.0. The largest absolute Gasteiger partial charge is 0.441 e. The van der Waals surface area contributed by atoms with E-state index in [0.717, 1.165) is 54.1 Å². The Balaban J connectivity index is 1.29. The van der Waals surface area contributed by atoms with Gasteiger partial charge in [-0.15, -0.1) is 0 Å². The number of piperidine rings is 1. The van der Waals surface area contributed by atoms with Gasteiger partial charge in [0, 0.05) is 50.6 Å². The summed E-state index contributed by atoms with van der Waals surface area (Å²) in [6, 6.07) is 13.8. The molecule has 3 aromatic heterocycles. The van der Waals surface area contributed by atoms with Gasteiger partial charge in [0.15, 0.2) is 11.5 Å². The van der Waals surface area contributed by atoms with Crippen LogP contribution in [0.2, 0.25) is 0 Å². The summed E-state index contributed by atoms with van der Waals surface area (Å²) >= 11 is 0. The summed E-state index contributed by atoms with van der Waals surface area (Å²) < 4.78 is 5.65. The molecule has 0 saturated carbocycles. The highest BCUT2D eigenvalue weighted by molar-refractivity contribution is 5.98. The van der Waals surface area contributed by atoms with Gasteiger partial charge in [-0.1, -0.05) is 6.07 Å². The van der Waals surface area contributed by atoms with Gasteiger partial charge in [-0.3, -0.25) is 9.78 Å². The van der Waals surface area contributed by atoms with Gasteiger partial charge in [-0.25, -0.2) is 9.97 Å². The minimum absolute atomic E-state index is 0.187. The van der Waals surface area contributed by atoms with E-state index in [2.05, 4.69) is 31.2 Å². The second-order valence-electron chi connectivity index (χ2n) is 8.72. The third-order valence-corrected chi connectivity index (χ3v) is 6.23. The third-order valence-electron chi connectivity index (χ3n) is 6.23. The number of benzene rings is 1. The summed E-state index contributed by atoms with van der Waals surface area (Å²) in [5.74, 6) is 0.989. The molecule has 4 aromatic rings. The lowest BCUT2D eigenvalue weighted by atomic mass is 10.0. The molecule has 0 bridgehead atoms. The maximum atomic E-state index is 12.1. The fraction of sp³-hybridized carbons (Fsp3) is 0.269. The lowest BCUT2D eigenvalue weighted by Crippen LogP contribution is -2.39. The summed E-state index contributed by atoms with van der Waals surface area (Å²) in [5.41, 5.74) is 10.7. The minimum Gasteiger partial charge on any atom is -0.441 e. The highest BCUT2D eigenvalue weighted by atomic mass is 16.3. The van der Waals surface area contributed by atoms with Gasteiger partial charge < -0.3 is 20.4 Å². The predicted octanol–water partition coefficient (Wildman–Crippen LogP) is 3.57. The van der Waals surface area contributed by atoms with Gasteiger partial charge in [0.05, 0.1) is 16.8 Å². The first kappa shape index (κ1) is 22.3. The smallest absolute Gasteiger partial charge is 0.252 e. The third kappa shape index (κ3) is 4.92. The molecule has 1 saturated heterocycles. The number of carbonyl (C=O) groups excluding carboxylic acids is 1. The molecule has 9 nitrogen and oxygen atoms in total. The maximum absolute atomic E-state index is 12.1. The van der Waals surface area contributed by atoms with Crippen molar-refractivity contribution in [2.24, 2.45) is 5.73 Å². The monoisotopic (exact) mass is 467 g/mol. The number of hydrogen-bond donors (Lipinski definition) is 2. The molecule has 176 valence electrons. The molecule has 1 fully saturated rings. The summed E-state index contributed by atoms with van der Waals surface area (Å²) in [6.45, 7) is 3.46. The second kappa shape index (κ2) is 9.43. The molecule has 1 aliphatic rings. The number of rotatable bonds is 6. The van der Waals surface area contributed by atoms with E-state index in [1.54, 1.807) is 18.5 Å². The number of nitrogens with two attached hydrogens (primary N) is 1. The van der Waals surface area contributed by atoms with Crippen LogP contribution in [0, 0.1) is 18.3 Å². The van der Waals surface area contributed by atoms with Crippen LogP contribution in [0.3, 0.4) is 0 Å². The average Bonchev–Trinajstić information content (AvgIpc) is 3.24. The van der Waals surface area contributed by atoms with Crippen molar-refractivity contribution >= 4 is 28.5 Å². The summed E-state index contributed by atoms with van der Waals surface area (Å²) in [5, 5.41) is 12.5. The zero-order valence-corrected chi connectivity index (χ0v) is 19.4. The van der Waals surface area contributed by atoms with E-state index in [-0.39, 0.29) is 6.04 Å². The molecule has 9 heteroatoms. The van der Waals surface area contributed by atoms with Crippen molar-refractivity contribution in [2.45, 2.75) is 32.2 Å². The number of pyridine rings is 2. The van der Waals surface area contributed by atoms with Crippen LogP contribution in [0.15, 0.2) is 53.2 Å². The van der Waals surface area contributed by atoms with Crippen LogP contribution < -0.4 is 16.0 Å². The Morgan fingerprint density at radius 1 is 1.20 bits per heavy atom. The lowest BCUT2D eigenvalue weighted by Gasteiger charge is -2.34. The zero-order valence-electron chi connectivity index (χ0n) is 19.4. The Labute approximate surface area is 202 Å². The topological polar surface area (TPSA) is 134 Å². The number of aryl methyl sites for hydroxylation is 1. The molecular formula is C26H25N7O2. The Morgan fingerprint density at radius 2 is 2.03 bits per heavy atom. The van der Waals surface area contributed by atoms with Gasteiger partial charge >= 0.3 is 0 Å². The normalized spacial score (nSPS) is 14.1. The number of nitriles is 1. The summed E-state index contributed by atoms with van der Waals surface area (Å²) in [6.07, 6.45) is 5.48. The fourth-order valence-electron chi connectivity index (χ4n) is 4.43. The first-order valence-electron chi connectivity index (χ1n) is 11.5. The Bertz CT molecular complexity index is 1410. The van der Waals surface area contributed by atoms with Crippen LogP contribution in [-0.2, 0) is 6.42 Å². The molecule has 0 spiro atoms. The standard InChI is InChI=1S/C26H25N7O2/c1-16-31-22-4-2-17(11-24(22)35-16)10-20-12-23(21(15-29-20)26(28)34)32-19-6-8-33(9-7-19)25-5-3-18(13-27)14-30-25/h2-5,11-12,14-15,19H,6-10H2,1H3,(H2,28,34)(H,29,32). The number of anilines is 2. The minimum atomic E-state index is -0.510. The van der Waals surface area contributed by atoms with Crippen molar-refractivity contribution in [2.75, 3.05) is 23.3 Å². The Kier molecular flexibility index (Phi) is 6.02. The molecule has 1 aromatic carbocycles. The van der Waals surface area contributed by atoms with Gasteiger partial charge in [-0.05, 0) is 48.7 Å². The van der Waals surface area contributed by atoms with Crippen LogP contribution >= 0.6 is 0 Å². The molecule has 0 unspecified atom stereocenters. The van der Waals surface area contributed by atoms with E-state index in [9.17, 15) is 4.79 Å². The van der Waals surface area contributed by atoms with Crippen LogP contribution in [0.5, 0.6) is 0 Å². The number of carbonyl (C=O) groups is 1. The quantitative estimate of drug-likeness (QED) is 0.440. The molecule has 4 heterocycles. The molecule has 1 amide bonds. The molecule has 0 radical (unpaired) electrons. The highest BCUT2D eigenvalue weighted by Crippen LogP contribution is 2.25. The molecular weight excluding hydrogens is 442 g/mol. The predicted molar refractivity (Wildman–Crippen MR) is 132 cm³/mol. The van der Waals surface area contributed by atoms with E-state index >= 15 is 0 Å². The van der Waals surface area contributed by atoms with Crippen molar-refractivity contribution < 1.29 is 9.21 Å². The van der Waals surface area contributed by atoms with E-state index in [1.807, 2.05) is 37.3 Å². The number of hydrogen-bond acceptors (Lipinski definition) is 8. The maximum Gasteiger partial charge on any atom is 0.252 e. The van der Waals surface area contributed by atoms with Crippen molar-refractivity contribution in [1.82, 2.24) is 15.0 Å². The summed E-state index contributed by atoms with van der Waals surface area (Å²) in [7, 11) is 0. The fourth-order valence-corrected chi connectivity index (χ4v) is 4.43. The molecule has 0 aliphatic carbocycles. The number of fused-ring (bicyclic) bond motifs is 1.